The maximum atomic E-state index is 12.2. The molecule has 0 saturated carbocycles. The SMILES string of the molecule is O=C(CC1=CC=CC2NC=CN12)Nc1ccc(OCC(F)(F)F)cc1. The van der Waals surface area contributed by atoms with E-state index in [9.17, 15) is 18.0 Å². The topological polar surface area (TPSA) is 53.6 Å². The molecule has 0 fully saturated rings. The Kier molecular flexibility index (Phi) is 4.69. The summed E-state index contributed by atoms with van der Waals surface area (Å²) in [4.78, 5) is 14.1. The molecule has 25 heavy (non-hydrogen) atoms. The van der Waals surface area contributed by atoms with Crippen LogP contribution >= 0.6 is 0 Å². The highest BCUT2D eigenvalue weighted by atomic mass is 19.4. The number of carbonyl (C=O) groups is 1. The highest BCUT2D eigenvalue weighted by Gasteiger charge is 2.28. The number of amides is 1. The van der Waals surface area contributed by atoms with Gasteiger partial charge < -0.3 is 20.3 Å². The zero-order valence-corrected chi connectivity index (χ0v) is 13.1. The molecule has 2 heterocycles. The van der Waals surface area contributed by atoms with Crippen molar-refractivity contribution in [3.8, 4) is 5.75 Å². The van der Waals surface area contributed by atoms with Gasteiger partial charge in [-0.15, -0.1) is 0 Å². The number of halogens is 3. The lowest BCUT2D eigenvalue weighted by Gasteiger charge is -2.27. The number of carbonyl (C=O) groups excluding carboxylic acids is 1. The molecule has 0 saturated heterocycles. The monoisotopic (exact) mass is 351 g/mol. The second kappa shape index (κ2) is 6.92. The zero-order valence-electron chi connectivity index (χ0n) is 13.1. The summed E-state index contributed by atoms with van der Waals surface area (Å²) in [5.74, 6) is -0.129. The normalized spacial score (nSPS) is 18.4. The van der Waals surface area contributed by atoms with Crippen molar-refractivity contribution in [2.75, 3.05) is 11.9 Å². The van der Waals surface area contributed by atoms with Crippen LogP contribution in [0.2, 0.25) is 0 Å². The van der Waals surface area contributed by atoms with E-state index in [0.29, 0.717) is 5.69 Å². The quantitative estimate of drug-likeness (QED) is 0.856. The third kappa shape index (κ3) is 4.56. The van der Waals surface area contributed by atoms with Crippen molar-refractivity contribution in [3.05, 3.63) is 60.6 Å². The Morgan fingerprint density at radius 1 is 1.28 bits per heavy atom. The van der Waals surface area contributed by atoms with E-state index in [0.717, 1.165) is 5.70 Å². The molecule has 2 N–H and O–H groups in total. The van der Waals surface area contributed by atoms with Crippen molar-refractivity contribution >= 4 is 11.6 Å². The predicted molar refractivity (Wildman–Crippen MR) is 86.4 cm³/mol. The lowest BCUT2D eigenvalue weighted by Crippen LogP contribution is -2.35. The number of rotatable bonds is 5. The molecule has 1 aromatic carbocycles. The van der Waals surface area contributed by atoms with Crippen LogP contribution in [0, 0.1) is 0 Å². The maximum absolute atomic E-state index is 12.2. The fourth-order valence-electron chi connectivity index (χ4n) is 2.50. The molecular formula is C17H16F3N3O2. The number of alkyl halides is 3. The van der Waals surface area contributed by atoms with Crippen LogP contribution in [0.3, 0.4) is 0 Å². The molecular weight excluding hydrogens is 335 g/mol. The minimum Gasteiger partial charge on any atom is -0.484 e. The van der Waals surface area contributed by atoms with Gasteiger partial charge in [0, 0.05) is 23.8 Å². The first-order valence-corrected chi connectivity index (χ1v) is 7.59. The summed E-state index contributed by atoms with van der Waals surface area (Å²) in [5, 5.41) is 5.85. The summed E-state index contributed by atoms with van der Waals surface area (Å²) in [6.07, 6.45) is 5.22. The maximum Gasteiger partial charge on any atom is 0.422 e. The first-order chi connectivity index (χ1) is 11.9. The Balaban J connectivity index is 1.54. The second-order valence-electron chi connectivity index (χ2n) is 5.53. The molecule has 1 atom stereocenters. The van der Waals surface area contributed by atoms with E-state index in [1.807, 2.05) is 35.5 Å². The van der Waals surface area contributed by atoms with Gasteiger partial charge in [0.25, 0.3) is 0 Å². The molecule has 8 heteroatoms. The Bertz CT molecular complexity index is 724. The Labute approximate surface area is 142 Å². The van der Waals surface area contributed by atoms with Crippen molar-refractivity contribution in [2.45, 2.75) is 18.8 Å². The molecule has 0 spiro atoms. The number of ether oxygens (including phenoxy) is 1. The number of nitrogens with one attached hydrogen (secondary N) is 2. The van der Waals surface area contributed by atoms with Crippen LogP contribution in [0.25, 0.3) is 0 Å². The van der Waals surface area contributed by atoms with E-state index >= 15 is 0 Å². The van der Waals surface area contributed by atoms with Gasteiger partial charge in [0.05, 0.1) is 6.42 Å². The van der Waals surface area contributed by atoms with E-state index in [-0.39, 0.29) is 24.2 Å². The summed E-state index contributed by atoms with van der Waals surface area (Å²) < 4.78 is 40.9. The molecule has 2 aliphatic rings. The highest BCUT2D eigenvalue weighted by molar-refractivity contribution is 5.92. The highest BCUT2D eigenvalue weighted by Crippen LogP contribution is 2.23. The average Bonchev–Trinajstić information content (AvgIpc) is 3.03. The number of fused-ring (bicyclic) bond motifs is 1. The number of anilines is 1. The van der Waals surface area contributed by atoms with Crippen LogP contribution in [-0.2, 0) is 4.79 Å². The molecule has 3 rings (SSSR count). The van der Waals surface area contributed by atoms with E-state index in [4.69, 9.17) is 0 Å². The Morgan fingerprint density at radius 3 is 2.76 bits per heavy atom. The van der Waals surface area contributed by atoms with Gasteiger partial charge >= 0.3 is 6.18 Å². The van der Waals surface area contributed by atoms with Gasteiger partial charge in [-0.25, -0.2) is 0 Å². The smallest absolute Gasteiger partial charge is 0.422 e. The van der Waals surface area contributed by atoms with E-state index in [1.165, 1.54) is 24.3 Å². The van der Waals surface area contributed by atoms with Crippen molar-refractivity contribution < 1.29 is 22.7 Å². The van der Waals surface area contributed by atoms with Crippen molar-refractivity contribution in [1.29, 1.82) is 0 Å². The first kappa shape index (κ1) is 16.9. The van der Waals surface area contributed by atoms with Crippen LogP contribution in [0.1, 0.15) is 6.42 Å². The van der Waals surface area contributed by atoms with Crippen molar-refractivity contribution in [3.63, 3.8) is 0 Å². The van der Waals surface area contributed by atoms with Gasteiger partial charge in [-0.3, -0.25) is 4.79 Å². The third-order valence-electron chi connectivity index (χ3n) is 3.60. The first-order valence-electron chi connectivity index (χ1n) is 7.59. The van der Waals surface area contributed by atoms with Crippen LogP contribution in [0.4, 0.5) is 18.9 Å². The van der Waals surface area contributed by atoms with Crippen molar-refractivity contribution in [2.24, 2.45) is 0 Å². The van der Waals surface area contributed by atoms with Crippen LogP contribution in [-0.4, -0.2) is 29.8 Å². The van der Waals surface area contributed by atoms with Gasteiger partial charge in [0.1, 0.15) is 11.9 Å². The largest absolute Gasteiger partial charge is 0.484 e. The van der Waals surface area contributed by atoms with E-state index in [1.54, 1.807) is 0 Å². The molecule has 1 aromatic rings. The summed E-state index contributed by atoms with van der Waals surface area (Å²) in [6, 6.07) is 5.76. The molecule has 1 unspecified atom stereocenters. The van der Waals surface area contributed by atoms with Gasteiger partial charge in [-0.05, 0) is 36.4 Å². The summed E-state index contributed by atoms with van der Waals surface area (Å²) in [7, 11) is 0. The molecule has 1 amide bonds. The Hall–Kier alpha value is -2.90. The number of hydrogen-bond donors (Lipinski definition) is 2. The van der Waals surface area contributed by atoms with Gasteiger partial charge in [-0.2, -0.15) is 13.2 Å². The lowest BCUT2D eigenvalue weighted by molar-refractivity contribution is -0.153. The summed E-state index contributed by atoms with van der Waals surface area (Å²) >= 11 is 0. The minimum absolute atomic E-state index is 0.0258. The number of hydrogen-bond acceptors (Lipinski definition) is 4. The molecule has 0 aliphatic carbocycles. The average molecular weight is 351 g/mol. The molecule has 0 aromatic heterocycles. The fourth-order valence-corrected chi connectivity index (χ4v) is 2.50. The third-order valence-corrected chi connectivity index (χ3v) is 3.60. The molecule has 132 valence electrons. The molecule has 0 radical (unpaired) electrons. The van der Waals surface area contributed by atoms with Gasteiger partial charge in [0.2, 0.25) is 5.91 Å². The zero-order chi connectivity index (χ0) is 17.9. The number of nitrogens with zero attached hydrogens (tertiary/aromatic N) is 1. The van der Waals surface area contributed by atoms with Crippen LogP contribution in [0.15, 0.2) is 60.6 Å². The standard InChI is InChI=1S/C17H16F3N3O2/c18-17(19,20)11-25-14-6-4-12(5-7-14)22-16(24)10-13-2-1-3-15-21-8-9-23(13)15/h1-9,15,21H,10-11H2,(H,22,24). The van der Waals surface area contributed by atoms with E-state index in [2.05, 4.69) is 15.4 Å². The van der Waals surface area contributed by atoms with E-state index < -0.39 is 12.8 Å². The predicted octanol–water partition coefficient (Wildman–Crippen LogP) is 3.11. The van der Waals surface area contributed by atoms with Crippen LogP contribution < -0.4 is 15.4 Å². The lowest BCUT2D eigenvalue weighted by atomic mass is 10.1. The van der Waals surface area contributed by atoms with Crippen molar-refractivity contribution in [1.82, 2.24) is 10.2 Å². The molecule has 2 aliphatic heterocycles. The summed E-state index contributed by atoms with van der Waals surface area (Å²) in [6.45, 7) is -1.35. The Morgan fingerprint density at radius 2 is 2.04 bits per heavy atom. The van der Waals surface area contributed by atoms with Gasteiger partial charge in [-0.1, -0.05) is 6.08 Å². The molecule has 0 bridgehead atoms. The van der Waals surface area contributed by atoms with Crippen LogP contribution in [0.5, 0.6) is 5.75 Å². The summed E-state index contributed by atoms with van der Waals surface area (Å²) in [5.41, 5.74) is 1.33. The molecule has 5 nitrogen and oxygen atoms in total. The fraction of sp³-hybridized carbons (Fsp3) is 0.235. The second-order valence-corrected chi connectivity index (χ2v) is 5.53. The number of allylic oxidation sites excluding steroid dienone is 2. The minimum atomic E-state index is -4.38. The number of benzene rings is 1. The van der Waals surface area contributed by atoms with Gasteiger partial charge in [0.15, 0.2) is 6.61 Å².